The number of carbonyl (C=O) groups is 1. The summed E-state index contributed by atoms with van der Waals surface area (Å²) < 4.78 is 17.1. The van der Waals surface area contributed by atoms with Crippen LogP contribution in [0.5, 0.6) is 17.2 Å². The van der Waals surface area contributed by atoms with E-state index in [1.165, 1.54) is 12.3 Å². The van der Waals surface area contributed by atoms with Gasteiger partial charge in [0.05, 0.1) is 10.9 Å². The summed E-state index contributed by atoms with van der Waals surface area (Å²) in [6, 6.07) is 25.3. The van der Waals surface area contributed by atoms with Gasteiger partial charge in [0.1, 0.15) is 23.3 Å². The first-order valence-electron chi connectivity index (χ1n) is 10.7. The van der Waals surface area contributed by atoms with Crippen LogP contribution >= 0.6 is 0 Å². The van der Waals surface area contributed by atoms with Crippen molar-refractivity contribution >= 4 is 27.7 Å². The molecule has 4 aromatic carbocycles. The van der Waals surface area contributed by atoms with Gasteiger partial charge in [0.25, 0.3) is 0 Å². The summed E-state index contributed by atoms with van der Waals surface area (Å²) in [4.78, 5) is 25.8. The third-order valence-electron chi connectivity index (χ3n) is 5.51. The van der Waals surface area contributed by atoms with E-state index in [4.69, 9.17) is 13.9 Å². The molecule has 0 fully saturated rings. The third-order valence-corrected chi connectivity index (χ3v) is 5.51. The fourth-order valence-corrected chi connectivity index (χ4v) is 3.80. The van der Waals surface area contributed by atoms with Crippen LogP contribution in [0.15, 0.2) is 100 Å². The number of para-hydroxylation sites is 1. The Morgan fingerprint density at radius 2 is 1.64 bits per heavy atom. The van der Waals surface area contributed by atoms with Gasteiger partial charge in [-0.25, -0.2) is 4.79 Å². The van der Waals surface area contributed by atoms with Gasteiger partial charge in [-0.2, -0.15) is 0 Å². The van der Waals surface area contributed by atoms with Crippen LogP contribution in [0, 0.1) is 0 Å². The van der Waals surface area contributed by atoms with E-state index >= 15 is 0 Å². The normalized spacial score (nSPS) is 10.9. The van der Waals surface area contributed by atoms with Crippen molar-refractivity contribution in [1.29, 1.82) is 0 Å². The lowest BCUT2D eigenvalue weighted by Crippen LogP contribution is -2.10. The fourth-order valence-electron chi connectivity index (χ4n) is 3.80. The monoisotopic (exact) mass is 436 g/mol. The predicted octanol–water partition coefficient (Wildman–Crippen LogP) is 6.52. The van der Waals surface area contributed by atoms with Gasteiger partial charge in [0.15, 0.2) is 0 Å². The van der Waals surface area contributed by atoms with Crippen LogP contribution in [0.4, 0.5) is 0 Å². The summed E-state index contributed by atoms with van der Waals surface area (Å²) in [7, 11) is 0. The van der Waals surface area contributed by atoms with Crippen LogP contribution in [-0.4, -0.2) is 5.97 Å². The standard InChI is InChI=1S/C28H20O5/c1-2-18-8-4-6-13-24(18)33-26-17-31-25-16-20(14-15-23(25)27(26)29)32-28(30)22-12-7-10-19-9-3-5-11-21(19)22/h3-17H,2H2,1H3. The highest BCUT2D eigenvalue weighted by molar-refractivity contribution is 6.05. The van der Waals surface area contributed by atoms with E-state index in [0.29, 0.717) is 22.3 Å². The number of esters is 1. The zero-order valence-corrected chi connectivity index (χ0v) is 17.9. The number of benzene rings is 4. The Morgan fingerprint density at radius 3 is 2.52 bits per heavy atom. The fraction of sp³-hybridized carbons (Fsp3) is 0.0714. The van der Waals surface area contributed by atoms with Crippen molar-refractivity contribution in [2.24, 2.45) is 0 Å². The highest BCUT2D eigenvalue weighted by atomic mass is 16.5. The summed E-state index contributed by atoms with van der Waals surface area (Å²) in [5.41, 5.74) is 1.47. The first-order valence-corrected chi connectivity index (χ1v) is 10.7. The molecule has 5 nitrogen and oxygen atoms in total. The molecule has 162 valence electrons. The Kier molecular flexibility index (Phi) is 5.37. The van der Waals surface area contributed by atoms with Gasteiger partial charge in [0.2, 0.25) is 11.2 Å². The van der Waals surface area contributed by atoms with Gasteiger partial charge in [-0.3, -0.25) is 4.79 Å². The number of hydrogen-bond acceptors (Lipinski definition) is 5. The molecule has 0 amide bonds. The van der Waals surface area contributed by atoms with E-state index in [1.807, 2.05) is 67.6 Å². The lowest BCUT2D eigenvalue weighted by atomic mass is 10.0. The molecule has 0 unspecified atom stereocenters. The first-order chi connectivity index (χ1) is 16.1. The molecule has 0 radical (unpaired) electrons. The van der Waals surface area contributed by atoms with Crippen LogP contribution in [0.1, 0.15) is 22.8 Å². The summed E-state index contributed by atoms with van der Waals surface area (Å²) in [6.07, 6.45) is 2.06. The molecule has 0 aliphatic heterocycles. The number of fused-ring (bicyclic) bond motifs is 2. The molecule has 0 aliphatic carbocycles. The summed E-state index contributed by atoms with van der Waals surface area (Å²) in [5.74, 6) is 0.523. The minimum Gasteiger partial charge on any atom is -0.460 e. The van der Waals surface area contributed by atoms with Gasteiger partial charge in [-0.1, -0.05) is 61.5 Å². The SMILES string of the molecule is CCc1ccccc1Oc1coc2cc(OC(=O)c3cccc4ccccc34)ccc2c1=O. The first kappa shape index (κ1) is 20.5. The third kappa shape index (κ3) is 3.96. The Balaban J connectivity index is 1.44. The van der Waals surface area contributed by atoms with E-state index in [0.717, 1.165) is 22.8 Å². The van der Waals surface area contributed by atoms with Gasteiger partial charge < -0.3 is 13.9 Å². The molecule has 0 bridgehead atoms. The Hall–Kier alpha value is -4.38. The lowest BCUT2D eigenvalue weighted by molar-refractivity contribution is 0.0737. The minimum absolute atomic E-state index is 0.101. The second-order valence-electron chi connectivity index (χ2n) is 7.57. The van der Waals surface area contributed by atoms with E-state index in [1.54, 1.807) is 18.2 Å². The van der Waals surface area contributed by atoms with Crippen molar-refractivity contribution in [3.63, 3.8) is 0 Å². The zero-order valence-electron chi connectivity index (χ0n) is 17.9. The van der Waals surface area contributed by atoms with Crippen LogP contribution < -0.4 is 14.9 Å². The summed E-state index contributed by atoms with van der Waals surface area (Å²) >= 11 is 0. The van der Waals surface area contributed by atoms with Gasteiger partial charge in [0, 0.05) is 6.07 Å². The van der Waals surface area contributed by atoms with Crippen molar-refractivity contribution in [3.8, 4) is 17.2 Å². The predicted molar refractivity (Wildman–Crippen MR) is 127 cm³/mol. The topological polar surface area (TPSA) is 65.7 Å². The molecule has 5 heteroatoms. The molecular formula is C28H20O5. The maximum Gasteiger partial charge on any atom is 0.344 e. The number of ether oxygens (including phenoxy) is 2. The smallest absolute Gasteiger partial charge is 0.344 e. The molecule has 0 spiro atoms. The van der Waals surface area contributed by atoms with Crippen molar-refractivity contribution in [1.82, 2.24) is 0 Å². The minimum atomic E-state index is -0.482. The van der Waals surface area contributed by atoms with E-state index in [9.17, 15) is 9.59 Å². The number of hydrogen-bond donors (Lipinski definition) is 0. The van der Waals surface area contributed by atoms with Crippen molar-refractivity contribution in [2.75, 3.05) is 0 Å². The molecule has 1 heterocycles. The Labute approximate surface area is 189 Å². The van der Waals surface area contributed by atoms with Gasteiger partial charge >= 0.3 is 5.97 Å². The molecule has 0 saturated heterocycles. The van der Waals surface area contributed by atoms with E-state index < -0.39 is 5.97 Å². The molecule has 33 heavy (non-hydrogen) atoms. The van der Waals surface area contributed by atoms with Crippen LogP contribution in [0.3, 0.4) is 0 Å². The second-order valence-corrected chi connectivity index (χ2v) is 7.57. The van der Waals surface area contributed by atoms with Crippen LogP contribution in [-0.2, 0) is 6.42 Å². The Morgan fingerprint density at radius 1 is 0.848 bits per heavy atom. The number of carbonyl (C=O) groups excluding carboxylic acids is 1. The average molecular weight is 436 g/mol. The van der Waals surface area contributed by atoms with Crippen molar-refractivity contribution in [2.45, 2.75) is 13.3 Å². The number of aryl methyl sites for hydroxylation is 1. The number of rotatable bonds is 5. The summed E-state index contributed by atoms with van der Waals surface area (Å²) in [6.45, 7) is 2.02. The maximum absolute atomic E-state index is 12.9. The lowest BCUT2D eigenvalue weighted by Gasteiger charge is -2.10. The molecule has 0 atom stereocenters. The van der Waals surface area contributed by atoms with Crippen LogP contribution in [0.25, 0.3) is 21.7 Å². The highest BCUT2D eigenvalue weighted by Gasteiger charge is 2.15. The largest absolute Gasteiger partial charge is 0.460 e. The molecule has 0 saturated carbocycles. The van der Waals surface area contributed by atoms with Crippen LogP contribution in [0.2, 0.25) is 0 Å². The highest BCUT2D eigenvalue weighted by Crippen LogP contribution is 2.27. The molecule has 5 aromatic rings. The van der Waals surface area contributed by atoms with E-state index in [2.05, 4.69) is 0 Å². The van der Waals surface area contributed by atoms with Crippen molar-refractivity contribution < 1.29 is 18.7 Å². The zero-order chi connectivity index (χ0) is 22.8. The van der Waals surface area contributed by atoms with Gasteiger partial charge in [-0.05, 0) is 47.0 Å². The molecule has 0 aliphatic rings. The molecule has 5 rings (SSSR count). The molecule has 1 aromatic heterocycles. The van der Waals surface area contributed by atoms with E-state index in [-0.39, 0.29) is 16.9 Å². The average Bonchev–Trinajstić information content (AvgIpc) is 2.85. The second kappa shape index (κ2) is 8.63. The Bertz CT molecular complexity index is 1540. The summed E-state index contributed by atoms with van der Waals surface area (Å²) in [5, 5.41) is 2.10. The molecule has 0 N–H and O–H groups in total. The van der Waals surface area contributed by atoms with Crippen molar-refractivity contribution in [3.05, 3.63) is 113 Å². The van der Waals surface area contributed by atoms with Gasteiger partial charge in [-0.15, -0.1) is 0 Å². The quantitative estimate of drug-likeness (QED) is 0.232. The maximum atomic E-state index is 12.9. The molecular weight excluding hydrogens is 416 g/mol.